The lowest BCUT2D eigenvalue weighted by Gasteiger charge is -2.08. The monoisotopic (exact) mass is 327 g/mol. The molecule has 122 valence electrons. The summed E-state index contributed by atoms with van der Waals surface area (Å²) >= 11 is 0. The van der Waals surface area contributed by atoms with Gasteiger partial charge in [0.2, 0.25) is 5.69 Å². The quantitative estimate of drug-likeness (QED) is 0.468. The number of hydrogen-bond donors (Lipinski definition) is 0. The zero-order valence-corrected chi connectivity index (χ0v) is 14.8. The predicted octanol–water partition coefficient (Wildman–Crippen LogP) is 4.87. The van der Waals surface area contributed by atoms with Gasteiger partial charge in [0.05, 0.1) is 17.2 Å². The number of fused-ring (bicyclic) bond motifs is 3. The average Bonchev–Trinajstić information content (AvgIpc) is 2.96. The summed E-state index contributed by atoms with van der Waals surface area (Å²) in [5, 5.41) is 11.4. The van der Waals surface area contributed by atoms with E-state index in [0.717, 1.165) is 38.8 Å². The molecule has 2 aromatic heterocycles. The van der Waals surface area contributed by atoms with Gasteiger partial charge in [-0.25, -0.2) is 0 Å². The first kappa shape index (κ1) is 15.4. The fourth-order valence-electron chi connectivity index (χ4n) is 3.61. The molecular formula is C22H19N2O+. The Morgan fingerprint density at radius 2 is 1.84 bits per heavy atom. The lowest BCUT2D eigenvalue weighted by Crippen LogP contribution is -2.35. The molecule has 3 heteroatoms. The highest BCUT2D eigenvalue weighted by atomic mass is 16.3. The van der Waals surface area contributed by atoms with Crippen LogP contribution in [0.25, 0.3) is 33.2 Å². The highest BCUT2D eigenvalue weighted by molar-refractivity contribution is 6.11. The minimum absolute atomic E-state index is 0.649. The van der Waals surface area contributed by atoms with Crippen LogP contribution in [0.2, 0.25) is 0 Å². The predicted molar refractivity (Wildman–Crippen MR) is 99.3 cm³/mol. The van der Waals surface area contributed by atoms with Crippen molar-refractivity contribution in [1.82, 2.24) is 0 Å². The van der Waals surface area contributed by atoms with Crippen LogP contribution in [0, 0.1) is 32.1 Å². The second-order valence-corrected chi connectivity index (χ2v) is 6.65. The normalized spacial score (nSPS) is 11.2. The molecule has 4 aromatic rings. The Bertz CT molecular complexity index is 1190. The van der Waals surface area contributed by atoms with Crippen LogP contribution in [0.1, 0.15) is 22.4 Å². The second kappa shape index (κ2) is 5.46. The Labute approximate surface area is 146 Å². The topological polar surface area (TPSA) is 40.8 Å². The number of rotatable bonds is 1. The highest BCUT2D eigenvalue weighted by Crippen LogP contribution is 2.38. The van der Waals surface area contributed by atoms with Gasteiger partial charge in [0.1, 0.15) is 18.2 Å². The van der Waals surface area contributed by atoms with Crippen molar-refractivity contribution >= 4 is 21.9 Å². The number of benzene rings is 2. The van der Waals surface area contributed by atoms with E-state index < -0.39 is 0 Å². The van der Waals surface area contributed by atoms with Crippen LogP contribution >= 0.6 is 0 Å². The van der Waals surface area contributed by atoms with Crippen LogP contribution < -0.4 is 4.57 Å². The van der Waals surface area contributed by atoms with Gasteiger partial charge in [-0.15, -0.1) is 0 Å². The van der Waals surface area contributed by atoms with E-state index in [4.69, 9.17) is 4.42 Å². The Morgan fingerprint density at radius 3 is 2.60 bits per heavy atom. The molecule has 0 radical (unpaired) electrons. The molecule has 0 saturated heterocycles. The van der Waals surface area contributed by atoms with Gasteiger partial charge in [0, 0.05) is 29.8 Å². The maximum absolute atomic E-state index is 9.48. The lowest BCUT2D eigenvalue weighted by atomic mass is 9.98. The number of nitriles is 1. The number of furan rings is 1. The van der Waals surface area contributed by atoms with Crippen LogP contribution in [-0.4, -0.2) is 0 Å². The van der Waals surface area contributed by atoms with Crippen molar-refractivity contribution in [3.63, 3.8) is 0 Å². The summed E-state index contributed by atoms with van der Waals surface area (Å²) in [6.07, 6.45) is 0. The lowest BCUT2D eigenvalue weighted by molar-refractivity contribution is -0.666. The average molecular weight is 327 g/mol. The third-order valence-electron chi connectivity index (χ3n) is 4.94. The summed E-state index contributed by atoms with van der Waals surface area (Å²) < 4.78 is 8.42. The van der Waals surface area contributed by atoms with Crippen LogP contribution in [0.4, 0.5) is 0 Å². The van der Waals surface area contributed by atoms with E-state index in [1.807, 2.05) is 18.2 Å². The number of aromatic nitrogens is 1. The van der Waals surface area contributed by atoms with Crippen LogP contribution in [0.5, 0.6) is 0 Å². The van der Waals surface area contributed by atoms with Crippen molar-refractivity contribution in [1.29, 1.82) is 5.26 Å². The minimum atomic E-state index is 0.649. The number of aryl methyl sites for hydroxylation is 3. The Morgan fingerprint density at radius 1 is 1.04 bits per heavy atom. The molecule has 0 aliphatic heterocycles. The van der Waals surface area contributed by atoms with E-state index in [-0.39, 0.29) is 0 Å². The maximum Gasteiger partial charge on any atom is 0.216 e. The molecule has 0 amide bonds. The molecule has 0 saturated carbocycles. The molecule has 0 unspecified atom stereocenters. The van der Waals surface area contributed by atoms with E-state index >= 15 is 0 Å². The number of hydrogen-bond acceptors (Lipinski definition) is 2. The van der Waals surface area contributed by atoms with Crippen molar-refractivity contribution in [3.05, 3.63) is 64.8 Å². The van der Waals surface area contributed by atoms with Gasteiger partial charge in [-0.3, -0.25) is 0 Å². The first-order valence-electron chi connectivity index (χ1n) is 8.34. The zero-order valence-electron chi connectivity index (χ0n) is 14.8. The van der Waals surface area contributed by atoms with Crippen LogP contribution in [0.3, 0.4) is 0 Å². The molecule has 3 nitrogen and oxygen atoms in total. The third-order valence-corrected chi connectivity index (χ3v) is 4.94. The SMILES string of the molecule is Cc1cc(C)[n+](C)c(-c2c(C)ccc3c2oc2cccc(C#N)c23)c1. The number of pyridine rings is 1. The van der Waals surface area contributed by atoms with Gasteiger partial charge in [0.25, 0.3) is 0 Å². The van der Waals surface area contributed by atoms with Gasteiger partial charge in [-0.1, -0.05) is 18.2 Å². The van der Waals surface area contributed by atoms with Crippen molar-refractivity contribution < 1.29 is 8.98 Å². The summed E-state index contributed by atoms with van der Waals surface area (Å²) in [5.74, 6) is 0. The molecule has 0 N–H and O–H groups in total. The minimum Gasteiger partial charge on any atom is -0.455 e. The number of nitrogens with zero attached hydrogens (tertiary/aromatic N) is 2. The smallest absolute Gasteiger partial charge is 0.216 e. The molecule has 4 rings (SSSR count). The van der Waals surface area contributed by atoms with Crippen molar-refractivity contribution in [3.8, 4) is 17.3 Å². The Hall–Kier alpha value is -3.12. The third kappa shape index (κ3) is 2.22. The second-order valence-electron chi connectivity index (χ2n) is 6.65. The molecule has 0 aliphatic carbocycles. The van der Waals surface area contributed by atoms with Gasteiger partial charge < -0.3 is 4.42 Å². The van der Waals surface area contributed by atoms with Gasteiger partial charge in [-0.05, 0) is 37.1 Å². The fraction of sp³-hybridized carbons (Fsp3) is 0.182. The van der Waals surface area contributed by atoms with Gasteiger partial charge in [0.15, 0.2) is 5.69 Å². The Kier molecular flexibility index (Phi) is 3.36. The molecule has 2 heterocycles. The summed E-state index contributed by atoms with van der Waals surface area (Å²) in [6.45, 7) is 6.32. The summed E-state index contributed by atoms with van der Waals surface area (Å²) in [6, 6.07) is 16.5. The van der Waals surface area contributed by atoms with Crippen LogP contribution in [0.15, 0.2) is 46.9 Å². The molecule has 2 aromatic carbocycles. The molecule has 0 aliphatic rings. The maximum atomic E-state index is 9.48. The van der Waals surface area contributed by atoms with Gasteiger partial charge in [-0.2, -0.15) is 9.83 Å². The molecule has 0 fully saturated rings. The van der Waals surface area contributed by atoms with Crippen LogP contribution in [-0.2, 0) is 7.05 Å². The van der Waals surface area contributed by atoms with E-state index in [9.17, 15) is 5.26 Å². The first-order valence-corrected chi connectivity index (χ1v) is 8.34. The van der Waals surface area contributed by atoms with Crippen molar-refractivity contribution in [2.75, 3.05) is 0 Å². The summed E-state index contributed by atoms with van der Waals surface area (Å²) in [5.41, 5.74) is 8.04. The molecular weight excluding hydrogens is 308 g/mol. The summed E-state index contributed by atoms with van der Waals surface area (Å²) in [7, 11) is 2.08. The van der Waals surface area contributed by atoms with E-state index in [0.29, 0.717) is 5.56 Å². The van der Waals surface area contributed by atoms with Crippen molar-refractivity contribution in [2.24, 2.45) is 7.05 Å². The zero-order chi connectivity index (χ0) is 17.7. The largest absolute Gasteiger partial charge is 0.455 e. The van der Waals surface area contributed by atoms with Crippen molar-refractivity contribution in [2.45, 2.75) is 20.8 Å². The van der Waals surface area contributed by atoms with Gasteiger partial charge >= 0.3 is 0 Å². The van der Waals surface area contributed by atoms with E-state index in [1.54, 1.807) is 0 Å². The van der Waals surface area contributed by atoms with E-state index in [2.05, 4.69) is 62.7 Å². The first-order chi connectivity index (χ1) is 12.0. The fourth-order valence-corrected chi connectivity index (χ4v) is 3.61. The highest BCUT2D eigenvalue weighted by Gasteiger charge is 2.22. The molecule has 25 heavy (non-hydrogen) atoms. The Balaban J connectivity index is 2.19. The molecule has 0 atom stereocenters. The molecule has 0 bridgehead atoms. The molecule has 0 spiro atoms. The standard InChI is InChI=1S/C22H19N2O/c1-13-10-15(3)24(4)18(11-13)20-14(2)8-9-17-21-16(12-23)6-5-7-19(21)25-22(17)20/h5-11H,1-4H3/q+1. The summed E-state index contributed by atoms with van der Waals surface area (Å²) in [4.78, 5) is 0. The van der Waals surface area contributed by atoms with E-state index in [1.165, 1.54) is 11.3 Å².